The van der Waals surface area contributed by atoms with Crippen LogP contribution in [-0.4, -0.2) is 36.6 Å². The number of unbranched alkanes of at least 4 members (excludes halogenated alkanes) is 1. The molecular formula is C11H21F3N2O. The van der Waals surface area contributed by atoms with Crippen LogP contribution in [0.2, 0.25) is 0 Å². The van der Waals surface area contributed by atoms with Crippen LogP contribution < -0.4 is 5.73 Å². The lowest BCUT2D eigenvalue weighted by Gasteiger charge is -2.31. The zero-order valence-corrected chi connectivity index (χ0v) is 10.6. The highest BCUT2D eigenvalue weighted by atomic mass is 19.4. The SMILES string of the molecule is CCCCN(CC(F)(F)F)C(=O)C(C)(C)CN. The molecule has 6 heteroatoms. The normalized spacial score (nSPS) is 12.6. The molecule has 0 aromatic carbocycles. The van der Waals surface area contributed by atoms with Crippen molar-refractivity contribution >= 4 is 5.91 Å². The Hall–Kier alpha value is -0.780. The molecule has 0 spiro atoms. The Balaban J connectivity index is 4.73. The van der Waals surface area contributed by atoms with E-state index < -0.39 is 24.0 Å². The predicted molar refractivity (Wildman–Crippen MR) is 60.4 cm³/mol. The van der Waals surface area contributed by atoms with Gasteiger partial charge in [-0.25, -0.2) is 0 Å². The van der Waals surface area contributed by atoms with Crippen LogP contribution in [0.15, 0.2) is 0 Å². The largest absolute Gasteiger partial charge is 0.406 e. The van der Waals surface area contributed by atoms with E-state index in [1.165, 1.54) is 0 Å². The minimum atomic E-state index is -4.37. The summed E-state index contributed by atoms with van der Waals surface area (Å²) in [5, 5.41) is 0. The topological polar surface area (TPSA) is 46.3 Å². The van der Waals surface area contributed by atoms with Gasteiger partial charge in [-0.15, -0.1) is 0 Å². The first-order valence-electron chi connectivity index (χ1n) is 5.70. The molecule has 0 atom stereocenters. The molecule has 0 aliphatic rings. The maximum absolute atomic E-state index is 12.4. The van der Waals surface area contributed by atoms with Crippen LogP contribution >= 0.6 is 0 Å². The van der Waals surface area contributed by atoms with Gasteiger partial charge in [-0.1, -0.05) is 13.3 Å². The first-order chi connectivity index (χ1) is 7.64. The third-order valence-electron chi connectivity index (χ3n) is 2.53. The molecular weight excluding hydrogens is 233 g/mol. The van der Waals surface area contributed by atoms with Crippen molar-refractivity contribution in [3.05, 3.63) is 0 Å². The maximum Gasteiger partial charge on any atom is 0.406 e. The third-order valence-corrected chi connectivity index (χ3v) is 2.53. The lowest BCUT2D eigenvalue weighted by Crippen LogP contribution is -2.48. The third kappa shape index (κ3) is 5.91. The second-order valence-electron chi connectivity index (χ2n) is 4.78. The summed E-state index contributed by atoms with van der Waals surface area (Å²) >= 11 is 0. The van der Waals surface area contributed by atoms with E-state index in [0.717, 1.165) is 11.3 Å². The number of amides is 1. The smallest absolute Gasteiger partial charge is 0.333 e. The van der Waals surface area contributed by atoms with Crippen molar-refractivity contribution in [2.24, 2.45) is 11.1 Å². The first kappa shape index (κ1) is 16.2. The van der Waals surface area contributed by atoms with Crippen molar-refractivity contribution in [3.8, 4) is 0 Å². The van der Waals surface area contributed by atoms with Gasteiger partial charge < -0.3 is 10.6 Å². The number of carbonyl (C=O) groups excluding carboxylic acids is 1. The number of alkyl halides is 3. The number of carbonyl (C=O) groups is 1. The van der Waals surface area contributed by atoms with Crippen LogP contribution in [0.25, 0.3) is 0 Å². The summed E-state index contributed by atoms with van der Waals surface area (Å²) in [6, 6.07) is 0. The minimum absolute atomic E-state index is 0.0340. The van der Waals surface area contributed by atoms with E-state index in [2.05, 4.69) is 0 Å². The van der Waals surface area contributed by atoms with Crippen LogP contribution in [0, 0.1) is 5.41 Å². The van der Waals surface area contributed by atoms with Crippen LogP contribution in [-0.2, 0) is 4.79 Å². The Morgan fingerprint density at radius 2 is 1.82 bits per heavy atom. The van der Waals surface area contributed by atoms with Gasteiger partial charge in [0.25, 0.3) is 0 Å². The van der Waals surface area contributed by atoms with E-state index in [-0.39, 0.29) is 13.1 Å². The van der Waals surface area contributed by atoms with Crippen molar-refractivity contribution in [2.75, 3.05) is 19.6 Å². The average Bonchev–Trinajstić information content (AvgIpc) is 2.21. The molecule has 102 valence electrons. The Kier molecular flexibility index (Phi) is 5.95. The molecule has 1 amide bonds. The molecule has 0 radical (unpaired) electrons. The van der Waals surface area contributed by atoms with E-state index in [9.17, 15) is 18.0 Å². The van der Waals surface area contributed by atoms with Crippen LogP contribution in [0.1, 0.15) is 33.6 Å². The second-order valence-corrected chi connectivity index (χ2v) is 4.78. The number of hydrogen-bond donors (Lipinski definition) is 1. The highest BCUT2D eigenvalue weighted by Crippen LogP contribution is 2.22. The molecule has 0 rings (SSSR count). The van der Waals surface area contributed by atoms with Crippen LogP contribution in [0.3, 0.4) is 0 Å². The summed E-state index contributed by atoms with van der Waals surface area (Å²) in [6.45, 7) is 3.94. The van der Waals surface area contributed by atoms with Gasteiger partial charge in [-0.2, -0.15) is 13.2 Å². The monoisotopic (exact) mass is 254 g/mol. The van der Waals surface area contributed by atoms with E-state index in [0.29, 0.717) is 6.42 Å². The standard InChI is InChI=1S/C11H21F3N2O/c1-4-5-6-16(8-11(12,13)14)9(17)10(2,3)7-15/h4-8,15H2,1-3H3. The molecule has 0 unspecified atom stereocenters. The summed E-state index contributed by atoms with van der Waals surface area (Å²) < 4.78 is 37.1. The van der Waals surface area contributed by atoms with E-state index in [4.69, 9.17) is 5.73 Å². The molecule has 0 saturated heterocycles. The first-order valence-corrected chi connectivity index (χ1v) is 5.70. The molecule has 3 nitrogen and oxygen atoms in total. The molecule has 2 N–H and O–H groups in total. The number of halogens is 3. The van der Waals surface area contributed by atoms with Gasteiger partial charge in [0, 0.05) is 13.1 Å². The second kappa shape index (κ2) is 6.23. The van der Waals surface area contributed by atoms with Gasteiger partial charge >= 0.3 is 6.18 Å². The van der Waals surface area contributed by atoms with E-state index in [1.54, 1.807) is 13.8 Å². The fourth-order valence-corrected chi connectivity index (χ4v) is 1.33. The Morgan fingerprint density at radius 3 is 2.18 bits per heavy atom. The maximum atomic E-state index is 12.4. The zero-order valence-electron chi connectivity index (χ0n) is 10.6. The zero-order chi connectivity index (χ0) is 13.7. The predicted octanol–water partition coefficient (Wildman–Crippen LogP) is 2.16. The lowest BCUT2D eigenvalue weighted by molar-refractivity contribution is -0.166. The molecule has 0 bridgehead atoms. The fraction of sp³-hybridized carbons (Fsp3) is 0.909. The number of rotatable bonds is 6. The van der Waals surface area contributed by atoms with Crippen molar-refractivity contribution in [1.82, 2.24) is 4.90 Å². The minimum Gasteiger partial charge on any atom is -0.333 e. The lowest BCUT2D eigenvalue weighted by atomic mass is 9.91. The van der Waals surface area contributed by atoms with Crippen molar-refractivity contribution in [2.45, 2.75) is 39.8 Å². The Bertz CT molecular complexity index is 252. The Labute approximate surface area is 100 Å². The van der Waals surface area contributed by atoms with Gasteiger partial charge in [0.05, 0.1) is 5.41 Å². The summed E-state index contributed by atoms with van der Waals surface area (Å²) in [5.74, 6) is -0.536. The summed E-state index contributed by atoms with van der Waals surface area (Å²) in [5.41, 5.74) is 4.46. The molecule has 0 saturated carbocycles. The average molecular weight is 254 g/mol. The quantitative estimate of drug-likeness (QED) is 0.789. The molecule has 0 fully saturated rings. The molecule has 0 aliphatic heterocycles. The summed E-state index contributed by atoms with van der Waals surface area (Å²) in [7, 11) is 0. The van der Waals surface area contributed by atoms with Gasteiger partial charge in [-0.05, 0) is 20.3 Å². The number of nitrogens with two attached hydrogens (primary N) is 1. The van der Waals surface area contributed by atoms with Gasteiger partial charge in [-0.3, -0.25) is 4.79 Å². The van der Waals surface area contributed by atoms with E-state index in [1.807, 2.05) is 6.92 Å². The van der Waals surface area contributed by atoms with Crippen molar-refractivity contribution in [3.63, 3.8) is 0 Å². The van der Waals surface area contributed by atoms with Crippen molar-refractivity contribution in [1.29, 1.82) is 0 Å². The van der Waals surface area contributed by atoms with Gasteiger partial charge in [0.1, 0.15) is 6.54 Å². The molecule has 0 aromatic rings. The molecule has 0 aliphatic carbocycles. The van der Waals surface area contributed by atoms with Crippen LogP contribution in [0.4, 0.5) is 13.2 Å². The highest BCUT2D eigenvalue weighted by molar-refractivity contribution is 5.82. The fourth-order valence-electron chi connectivity index (χ4n) is 1.33. The van der Waals surface area contributed by atoms with Crippen LogP contribution in [0.5, 0.6) is 0 Å². The molecule has 0 aromatic heterocycles. The summed E-state index contributed by atoms with van der Waals surface area (Å²) in [6.07, 6.45) is -3.07. The highest BCUT2D eigenvalue weighted by Gasteiger charge is 2.37. The van der Waals surface area contributed by atoms with Crippen molar-refractivity contribution < 1.29 is 18.0 Å². The molecule has 0 heterocycles. The number of hydrogen-bond acceptors (Lipinski definition) is 2. The van der Waals surface area contributed by atoms with E-state index >= 15 is 0 Å². The Morgan fingerprint density at radius 1 is 1.29 bits per heavy atom. The van der Waals surface area contributed by atoms with Gasteiger partial charge in [0.2, 0.25) is 5.91 Å². The van der Waals surface area contributed by atoms with Gasteiger partial charge in [0.15, 0.2) is 0 Å². The molecule has 17 heavy (non-hydrogen) atoms. The number of nitrogens with zero attached hydrogens (tertiary/aromatic N) is 1. The summed E-state index contributed by atoms with van der Waals surface area (Å²) in [4.78, 5) is 12.8.